The first-order chi connectivity index (χ1) is 7.36. The first kappa shape index (κ1) is 10.4. The molecule has 2 rings (SSSR count). The van der Waals surface area contributed by atoms with Crippen LogP contribution >= 0.6 is 0 Å². The fourth-order valence-electron chi connectivity index (χ4n) is 2.19. The van der Waals surface area contributed by atoms with Crippen LogP contribution in [0.3, 0.4) is 0 Å². The molecule has 0 amide bonds. The number of nitrogens with one attached hydrogen (secondary N) is 1. The van der Waals surface area contributed by atoms with E-state index in [-0.39, 0.29) is 0 Å². The van der Waals surface area contributed by atoms with Crippen molar-refractivity contribution < 1.29 is 0 Å². The Morgan fingerprint density at radius 2 is 2.47 bits per heavy atom. The molecule has 82 valence electrons. The van der Waals surface area contributed by atoms with Crippen molar-refractivity contribution in [1.82, 2.24) is 10.3 Å². The SMILES string of the molecule is Nc1ncccc1CCC1CCCNC1. The zero-order valence-electron chi connectivity index (χ0n) is 9.08. The Bertz CT molecular complexity index is 305. The predicted octanol–water partition coefficient (Wildman–Crippen LogP) is 1.60. The summed E-state index contributed by atoms with van der Waals surface area (Å²) in [6.45, 7) is 2.35. The number of nitrogens with two attached hydrogens (primary N) is 1. The standard InChI is InChI=1S/C12H19N3/c13-12-11(4-2-8-15-12)6-5-10-3-1-7-14-9-10/h2,4,8,10,14H,1,3,5-7,9H2,(H2,13,15). The molecule has 3 N–H and O–H groups in total. The summed E-state index contributed by atoms with van der Waals surface area (Å²) in [6, 6.07) is 4.05. The molecule has 1 unspecified atom stereocenters. The molecule has 1 aromatic heterocycles. The lowest BCUT2D eigenvalue weighted by molar-refractivity contribution is 0.358. The Morgan fingerprint density at radius 1 is 1.53 bits per heavy atom. The van der Waals surface area contributed by atoms with Crippen LogP contribution < -0.4 is 11.1 Å². The topological polar surface area (TPSA) is 50.9 Å². The third-order valence-corrected chi connectivity index (χ3v) is 3.15. The molecule has 1 aromatic rings. The number of piperidine rings is 1. The van der Waals surface area contributed by atoms with E-state index < -0.39 is 0 Å². The van der Waals surface area contributed by atoms with Gasteiger partial charge in [-0.05, 0) is 56.3 Å². The summed E-state index contributed by atoms with van der Waals surface area (Å²) in [5.41, 5.74) is 7.01. The van der Waals surface area contributed by atoms with Gasteiger partial charge in [-0.2, -0.15) is 0 Å². The van der Waals surface area contributed by atoms with Crippen molar-refractivity contribution in [2.24, 2.45) is 5.92 Å². The second-order valence-electron chi connectivity index (χ2n) is 4.30. The summed E-state index contributed by atoms with van der Waals surface area (Å²) >= 11 is 0. The molecule has 3 nitrogen and oxygen atoms in total. The first-order valence-corrected chi connectivity index (χ1v) is 5.76. The summed E-state index contributed by atoms with van der Waals surface area (Å²) in [6.07, 6.45) is 6.70. The van der Waals surface area contributed by atoms with Gasteiger partial charge in [0.25, 0.3) is 0 Å². The minimum absolute atomic E-state index is 0.696. The molecule has 0 aromatic carbocycles. The molecule has 2 heterocycles. The maximum absolute atomic E-state index is 5.81. The van der Waals surface area contributed by atoms with E-state index in [9.17, 15) is 0 Å². The van der Waals surface area contributed by atoms with Gasteiger partial charge >= 0.3 is 0 Å². The third-order valence-electron chi connectivity index (χ3n) is 3.15. The minimum Gasteiger partial charge on any atom is -0.383 e. The van der Waals surface area contributed by atoms with Crippen LogP contribution in [0.4, 0.5) is 5.82 Å². The molecule has 0 bridgehead atoms. The summed E-state index contributed by atoms with van der Waals surface area (Å²) in [5.74, 6) is 1.51. The maximum Gasteiger partial charge on any atom is 0.126 e. The molecule has 15 heavy (non-hydrogen) atoms. The number of aryl methyl sites for hydroxylation is 1. The number of nitrogens with zero attached hydrogens (tertiary/aromatic N) is 1. The molecule has 1 saturated heterocycles. The van der Waals surface area contributed by atoms with E-state index in [4.69, 9.17) is 5.73 Å². The zero-order chi connectivity index (χ0) is 10.5. The van der Waals surface area contributed by atoms with E-state index in [0.717, 1.165) is 12.3 Å². The highest BCUT2D eigenvalue weighted by Gasteiger charge is 2.13. The van der Waals surface area contributed by atoms with Crippen LogP contribution in [0.1, 0.15) is 24.8 Å². The van der Waals surface area contributed by atoms with Crippen LogP contribution in [0.5, 0.6) is 0 Å². The molecular weight excluding hydrogens is 186 g/mol. The summed E-state index contributed by atoms with van der Waals surface area (Å²) in [7, 11) is 0. The number of hydrogen-bond donors (Lipinski definition) is 2. The lowest BCUT2D eigenvalue weighted by Crippen LogP contribution is -2.29. The van der Waals surface area contributed by atoms with E-state index in [2.05, 4.69) is 16.4 Å². The molecular formula is C12H19N3. The number of aromatic nitrogens is 1. The summed E-state index contributed by atoms with van der Waals surface area (Å²) in [5, 5.41) is 3.44. The number of nitrogen functional groups attached to an aromatic ring is 1. The van der Waals surface area contributed by atoms with Crippen molar-refractivity contribution in [2.75, 3.05) is 18.8 Å². The highest BCUT2D eigenvalue weighted by Crippen LogP contribution is 2.18. The van der Waals surface area contributed by atoms with Crippen molar-refractivity contribution in [3.05, 3.63) is 23.9 Å². The largest absolute Gasteiger partial charge is 0.383 e. The molecule has 0 radical (unpaired) electrons. The number of rotatable bonds is 3. The Labute approximate surface area is 91.1 Å². The van der Waals surface area contributed by atoms with Gasteiger partial charge < -0.3 is 11.1 Å². The molecule has 1 aliphatic heterocycles. The van der Waals surface area contributed by atoms with E-state index >= 15 is 0 Å². The quantitative estimate of drug-likeness (QED) is 0.788. The highest BCUT2D eigenvalue weighted by atomic mass is 14.9. The van der Waals surface area contributed by atoms with Gasteiger partial charge in [-0.3, -0.25) is 0 Å². The zero-order valence-corrected chi connectivity index (χ0v) is 9.08. The van der Waals surface area contributed by atoms with Gasteiger partial charge in [0.1, 0.15) is 5.82 Å². The van der Waals surface area contributed by atoms with Gasteiger partial charge in [0.05, 0.1) is 0 Å². The van der Waals surface area contributed by atoms with Crippen LogP contribution in [0.15, 0.2) is 18.3 Å². The fourth-order valence-corrected chi connectivity index (χ4v) is 2.19. The Morgan fingerprint density at radius 3 is 3.20 bits per heavy atom. The molecule has 1 atom stereocenters. The van der Waals surface area contributed by atoms with Crippen molar-refractivity contribution in [3.63, 3.8) is 0 Å². The van der Waals surface area contributed by atoms with Crippen molar-refractivity contribution in [1.29, 1.82) is 0 Å². The second kappa shape index (κ2) is 5.12. The van der Waals surface area contributed by atoms with E-state index in [1.807, 2.05) is 6.07 Å². The van der Waals surface area contributed by atoms with Gasteiger partial charge in [-0.15, -0.1) is 0 Å². The third kappa shape index (κ3) is 2.93. The average molecular weight is 205 g/mol. The Kier molecular flexibility index (Phi) is 3.56. The monoisotopic (exact) mass is 205 g/mol. The average Bonchev–Trinajstić information content (AvgIpc) is 2.29. The van der Waals surface area contributed by atoms with E-state index in [1.54, 1.807) is 6.20 Å². The van der Waals surface area contributed by atoms with Crippen molar-refractivity contribution >= 4 is 5.82 Å². The molecule has 0 spiro atoms. The van der Waals surface area contributed by atoms with Crippen LogP contribution in [0, 0.1) is 5.92 Å². The van der Waals surface area contributed by atoms with Gasteiger partial charge in [0, 0.05) is 6.20 Å². The fraction of sp³-hybridized carbons (Fsp3) is 0.583. The van der Waals surface area contributed by atoms with Gasteiger partial charge in [0.2, 0.25) is 0 Å². The van der Waals surface area contributed by atoms with Crippen LogP contribution in [0.2, 0.25) is 0 Å². The maximum atomic E-state index is 5.81. The number of anilines is 1. The lowest BCUT2D eigenvalue weighted by atomic mass is 9.93. The molecule has 0 aliphatic carbocycles. The normalized spacial score (nSPS) is 21.5. The Hall–Kier alpha value is -1.09. The number of pyridine rings is 1. The summed E-state index contributed by atoms with van der Waals surface area (Å²) in [4.78, 5) is 4.11. The predicted molar refractivity (Wildman–Crippen MR) is 62.6 cm³/mol. The van der Waals surface area contributed by atoms with E-state index in [1.165, 1.54) is 37.9 Å². The van der Waals surface area contributed by atoms with Crippen molar-refractivity contribution in [3.8, 4) is 0 Å². The van der Waals surface area contributed by atoms with Crippen molar-refractivity contribution in [2.45, 2.75) is 25.7 Å². The molecule has 3 heteroatoms. The van der Waals surface area contributed by atoms with Crippen LogP contribution in [-0.2, 0) is 6.42 Å². The molecule has 1 aliphatic rings. The van der Waals surface area contributed by atoms with Crippen LogP contribution in [0.25, 0.3) is 0 Å². The van der Waals surface area contributed by atoms with Gasteiger partial charge in [-0.25, -0.2) is 4.98 Å². The van der Waals surface area contributed by atoms with Gasteiger partial charge in [0.15, 0.2) is 0 Å². The summed E-state index contributed by atoms with van der Waals surface area (Å²) < 4.78 is 0. The second-order valence-corrected chi connectivity index (χ2v) is 4.30. The first-order valence-electron chi connectivity index (χ1n) is 5.76. The molecule has 0 saturated carbocycles. The Balaban J connectivity index is 1.84. The minimum atomic E-state index is 0.696. The van der Waals surface area contributed by atoms with Crippen LogP contribution in [-0.4, -0.2) is 18.1 Å². The number of hydrogen-bond acceptors (Lipinski definition) is 3. The smallest absolute Gasteiger partial charge is 0.126 e. The molecule has 1 fully saturated rings. The lowest BCUT2D eigenvalue weighted by Gasteiger charge is -2.22. The van der Waals surface area contributed by atoms with Gasteiger partial charge in [-0.1, -0.05) is 6.07 Å². The van der Waals surface area contributed by atoms with E-state index in [0.29, 0.717) is 5.82 Å². The highest BCUT2D eigenvalue weighted by molar-refractivity contribution is 5.38.